The molecule has 2 aromatic rings. The highest BCUT2D eigenvalue weighted by atomic mass is 32.2. The standard InChI is InChI=1S/C24H37N3O3S/c1-5-6-15-31(29,30)26-13-10-20(11-14-26)24(28)27(19(4)16-18(2)3)22-7-8-23-21(17-22)9-12-25-23/h7-9,12,17-20,25H,5-6,10-11,13-16H2,1-4H3. The first-order valence-electron chi connectivity index (χ1n) is 11.6. The predicted molar refractivity (Wildman–Crippen MR) is 128 cm³/mol. The Morgan fingerprint density at radius 1 is 1.19 bits per heavy atom. The van der Waals surface area contributed by atoms with Gasteiger partial charge in [-0.15, -0.1) is 0 Å². The number of fused-ring (bicyclic) bond motifs is 1. The Morgan fingerprint density at radius 2 is 1.90 bits per heavy atom. The van der Waals surface area contributed by atoms with E-state index in [1.807, 2.05) is 36.2 Å². The topological polar surface area (TPSA) is 73.5 Å². The number of hydrogen-bond donors (Lipinski definition) is 1. The van der Waals surface area contributed by atoms with Crippen molar-refractivity contribution < 1.29 is 13.2 Å². The van der Waals surface area contributed by atoms with Crippen molar-refractivity contribution in [2.45, 2.75) is 65.8 Å². The first-order chi connectivity index (χ1) is 14.7. The van der Waals surface area contributed by atoms with Crippen LogP contribution in [0.3, 0.4) is 0 Å². The molecule has 1 saturated heterocycles. The summed E-state index contributed by atoms with van der Waals surface area (Å²) in [6, 6.07) is 8.21. The number of aromatic amines is 1. The van der Waals surface area contributed by atoms with Crippen LogP contribution in [-0.4, -0.2) is 48.5 Å². The number of nitrogens with one attached hydrogen (secondary N) is 1. The Balaban J connectivity index is 1.77. The van der Waals surface area contributed by atoms with Crippen LogP contribution < -0.4 is 4.90 Å². The number of aromatic nitrogens is 1. The number of unbranched alkanes of at least 4 members (excludes halogenated alkanes) is 1. The SMILES string of the molecule is CCCCS(=O)(=O)N1CCC(C(=O)N(c2ccc3[nH]ccc3c2)C(C)CC(C)C)CC1. The van der Waals surface area contributed by atoms with Gasteiger partial charge in [-0.1, -0.05) is 27.2 Å². The van der Waals surface area contributed by atoms with Gasteiger partial charge in [0.05, 0.1) is 5.75 Å². The highest BCUT2D eigenvalue weighted by Gasteiger charge is 2.35. The van der Waals surface area contributed by atoms with Gasteiger partial charge in [0.2, 0.25) is 15.9 Å². The van der Waals surface area contributed by atoms with Gasteiger partial charge < -0.3 is 9.88 Å². The number of anilines is 1. The molecule has 0 aliphatic carbocycles. The van der Waals surface area contributed by atoms with Crippen molar-refractivity contribution in [1.29, 1.82) is 0 Å². The number of amides is 1. The van der Waals surface area contributed by atoms with Crippen LogP contribution in [0, 0.1) is 11.8 Å². The fourth-order valence-electron chi connectivity index (χ4n) is 4.61. The summed E-state index contributed by atoms with van der Waals surface area (Å²) in [6.45, 7) is 9.33. The van der Waals surface area contributed by atoms with Gasteiger partial charge in [-0.3, -0.25) is 4.79 Å². The maximum Gasteiger partial charge on any atom is 0.230 e. The molecule has 1 fully saturated rings. The van der Waals surface area contributed by atoms with E-state index in [2.05, 4.69) is 31.8 Å². The summed E-state index contributed by atoms with van der Waals surface area (Å²) in [7, 11) is -3.21. The summed E-state index contributed by atoms with van der Waals surface area (Å²) >= 11 is 0. The van der Waals surface area contributed by atoms with Crippen LogP contribution >= 0.6 is 0 Å². The van der Waals surface area contributed by atoms with E-state index in [1.165, 1.54) is 0 Å². The maximum absolute atomic E-state index is 13.7. The van der Waals surface area contributed by atoms with E-state index >= 15 is 0 Å². The number of nitrogens with zero attached hydrogens (tertiary/aromatic N) is 2. The van der Waals surface area contributed by atoms with Crippen LogP contribution in [0.5, 0.6) is 0 Å². The van der Waals surface area contributed by atoms with Crippen molar-refractivity contribution in [1.82, 2.24) is 9.29 Å². The third-order valence-electron chi connectivity index (χ3n) is 6.26. The Morgan fingerprint density at radius 3 is 2.55 bits per heavy atom. The van der Waals surface area contributed by atoms with Crippen LogP contribution in [0.4, 0.5) is 5.69 Å². The van der Waals surface area contributed by atoms with Crippen molar-refractivity contribution in [2.24, 2.45) is 11.8 Å². The number of H-pyrrole nitrogens is 1. The van der Waals surface area contributed by atoms with Gasteiger partial charge >= 0.3 is 0 Å². The fourth-order valence-corrected chi connectivity index (χ4v) is 6.29. The van der Waals surface area contributed by atoms with E-state index < -0.39 is 10.0 Å². The van der Waals surface area contributed by atoms with Crippen molar-refractivity contribution in [3.05, 3.63) is 30.5 Å². The molecule has 1 aromatic carbocycles. The second-order valence-corrected chi connectivity index (χ2v) is 11.4. The molecule has 1 amide bonds. The van der Waals surface area contributed by atoms with Gasteiger partial charge in [0.1, 0.15) is 0 Å². The molecule has 0 spiro atoms. The van der Waals surface area contributed by atoms with Gasteiger partial charge in [-0.05, 0) is 62.8 Å². The minimum absolute atomic E-state index is 0.0789. The zero-order chi connectivity index (χ0) is 22.6. The monoisotopic (exact) mass is 447 g/mol. The molecule has 0 bridgehead atoms. The van der Waals surface area contributed by atoms with Crippen molar-refractivity contribution in [2.75, 3.05) is 23.7 Å². The molecule has 1 aliphatic rings. The number of rotatable bonds is 9. The molecule has 0 saturated carbocycles. The Labute approximate surface area is 187 Å². The van der Waals surface area contributed by atoms with E-state index in [9.17, 15) is 13.2 Å². The molecule has 1 unspecified atom stereocenters. The summed E-state index contributed by atoms with van der Waals surface area (Å²) in [5.41, 5.74) is 1.97. The lowest BCUT2D eigenvalue weighted by molar-refractivity contribution is -0.124. The molecule has 1 aromatic heterocycles. The van der Waals surface area contributed by atoms with E-state index in [1.54, 1.807) is 4.31 Å². The molecule has 6 nitrogen and oxygen atoms in total. The number of benzene rings is 1. The number of sulfonamides is 1. The number of hydrogen-bond acceptors (Lipinski definition) is 3. The fraction of sp³-hybridized carbons (Fsp3) is 0.625. The molecule has 31 heavy (non-hydrogen) atoms. The minimum atomic E-state index is -3.21. The normalized spacial score (nSPS) is 17.3. The highest BCUT2D eigenvalue weighted by molar-refractivity contribution is 7.89. The Kier molecular flexibility index (Phi) is 7.81. The highest BCUT2D eigenvalue weighted by Crippen LogP contribution is 2.30. The van der Waals surface area contributed by atoms with Crippen LogP contribution in [0.15, 0.2) is 30.5 Å². The zero-order valence-electron chi connectivity index (χ0n) is 19.3. The van der Waals surface area contributed by atoms with Gasteiger partial charge in [-0.25, -0.2) is 12.7 Å². The molecule has 1 N–H and O–H groups in total. The maximum atomic E-state index is 13.7. The predicted octanol–water partition coefficient (Wildman–Crippen LogP) is 4.78. The van der Waals surface area contributed by atoms with Gasteiger partial charge in [0, 0.05) is 47.8 Å². The van der Waals surface area contributed by atoms with Crippen molar-refractivity contribution in [3.8, 4) is 0 Å². The van der Waals surface area contributed by atoms with Crippen LogP contribution in [0.1, 0.15) is 59.8 Å². The van der Waals surface area contributed by atoms with Crippen molar-refractivity contribution >= 4 is 32.5 Å². The summed E-state index contributed by atoms with van der Waals surface area (Å²) in [6.07, 6.45) is 5.54. The smallest absolute Gasteiger partial charge is 0.230 e. The van der Waals surface area contributed by atoms with E-state index in [-0.39, 0.29) is 23.6 Å². The van der Waals surface area contributed by atoms with Crippen LogP contribution in [0.2, 0.25) is 0 Å². The lowest BCUT2D eigenvalue weighted by atomic mass is 9.94. The van der Waals surface area contributed by atoms with Gasteiger partial charge in [-0.2, -0.15) is 0 Å². The third kappa shape index (κ3) is 5.69. The second kappa shape index (κ2) is 10.2. The second-order valence-electron chi connectivity index (χ2n) is 9.28. The molecule has 1 aliphatic heterocycles. The Hall–Kier alpha value is -1.86. The quantitative estimate of drug-likeness (QED) is 0.601. The van der Waals surface area contributed by atoms with E-state index in [0.29, 0.717) is 38.3 Å². The average Bonchev–Trinajstić information content (AvgIpc) is 3.20. The largest absolute Gasteiger partial charge is 0.361 e. The minimum Gasteiger partial charge on any atom is -0.361 e. The summed E-state index contributed by atoms with van der Waals surface area (Å²) in [4.78, 5) is 18.8. The summed E-state index contributed by atoms with van der Waals surface area (Å²) in [5, 5.41) is 1.09. The summed E-state index contributed by atoms with van der Waals surface area (Å²) < 4.78 is 26.6. The third-order valence-corrected chi connectivity index (χ3v) is 8.21. The molecular formula is C24H37N3O3S. The molecule has 3 rings (SSSR count). The molecule has 1 atom stereocenters. The average molecular weight is 448 g/mol. The van der Waals surface area contributed by atoms with E-state index in [4.69, 9.17) is 0 Å². The van der Waals surface area contributed by atoms with Crippen LogP contribution in [0.25, 0.3) is 10.9 Å². The van der Waals surface area contributed by atoms with Gasteiger partial charge in [0.15, 0.2) is 0 Å². The molecule has 7 heteroatoms. The zero-order valence-corrected chi connectivity index (χ0v) is 20.1. The number of carbonyl (C=O) groups is 1. The molecular weight excluding hydrogens is 410 g/mol. The first-order valence-corrected chi connectivity index (χ1v) is 13.2. The lowest BCUT2D eigenvalue weighted by Gasteiger charge is -2.37. The van der Waals surface area contributed by atoms with Gasteiger partial charge in [0.25, 0.3) is 0 Å². The first kappa shape index (κ1) is 23.8. The molecule has 172 valence electrons. The molecule has 2 heterocycles. The van der Waals surface area contributed by atoms with Crippen LogP contribution in [-0.2, 0) is 14.8 Å². The molecule has 0 radical (unpaired) electrons. The lowest BCUT2D eigenvalue weighted by Crippen LogP contribution is -2.47. The van der Waals surface area contributed by atoms with Crippen molar-refractivity contribution in [3.63, 3.8) is 0 Å². The number of carbonyl (C=O) groups excluding carboxylic acids is 1. The van der Waals surface area contributed by atoms with E-state index in [0.717, 1.165) is 29.4 Å². The number of piperidine rings is 1. The summed E-state index contributed by atoms with van der Waals surface area (Å²) in [5.74, 6) is 0.658. The Bertz CT molecular complexity index is 975.